The van der Waals surface area contributed by atoms with E-state index in [2.05, 4.69) is 10.3 Å². The number of ketones is 2. The normalized spacial score (nSPS) is 29.8. The zero-order chi connectivity index (χ0) is 19.5. The minimum absolute atomic E-state index is 0.00595. The number of nitrogens with zero attached hydrogens (tertiary/aromatic N) is 2. The molecule has 2 rings (SSSR count). The summed E-state index contributed by atoms with van der Waals surface area (Å²) < 4.78 is 9.41. The lowest BCUT2D eigenvalue weighted by molar-refractivity contribution is -0.154. The second kappa shape index (κ2) is 7.22. The third-order valence-electron chi connectivity index (χ3n) is 5.16. The number of Topliss-reactive ketones (excluding diaryl/α,β-unsaturated/α-hetero) is 2. The molecule has 0 aromatic carbocycles. The summed E-state index contributed by atoms with van der Waals surface area (Å²) in [6, 6.07) is 0. The first-order valence-corrected chi connectivity index (χ1v) is 8.05. The first-order chi connectivity index (χ1) is 12.4. The molecule has 2 atom stereocenters. The summed E-state index contributed by atoms with van der Waals surface area (Å²) in [6.07, 6.45) is 0.471. The van der Waals surface area contributed by atoms with E-state index < -0.39 is 45.8 Å². The molecular weight excluding hydrogens is 348 g/mol. The van der Waals surface area contributed by atoms with Gasteiger partial charge in [0.25, 0.3) is 0 Å². The number of ether oxygens (including phenoxy) is 2. The number of esters is 2. The molecule has 0 bridgehead atoms. The van der Waals surface area contributed by atoms with Gasteiger partial charge in [-0.3, -0.25) is 19.2 Å². The maximum atomic E-state index is 12.5. The molecule has 2 N–H and O–H groups in total. The van der Waals surface area contributed by atoms with Gasteiger partial charge in [-0.05, 0) is 25.7 Å². The van der Waals surface area contributed by atoms with Crippen LogP contribution in [-0.4, -0.2) is 59.6 Å². The van der Waals surface area contributed by atoms with Crippen molar-refractivity contribution in [3.8, 4) is 0 Å². The SMILES string of the molecule is COC(=O)C1(C(=N/O)/C(=N\O)C2(C(=O)OC)CCCC2=O)CCCC1=O. The first-order valence-electron chi connectivity index (χ1n) is 8.05. The molecule has 2 unspecified atom stereocenters. The van der Waals surface area contributed by atoms with Crippen LogP contribution in [-0.2, 0) is 28.7 Å². The lowest BCUT2D eigenvalue weighted by atomic mass is 9.69. The topological polar surface area (TPSA) is 152 Å². The van der Waals surface area contributed by atoms with Gasteiger partial charge in [-0.1, -0.05) is 10.3 Å². The Hall–Kier alpha value is -2.78. The van der Waals surface area contributed by atoms with E-state index in [9.17, 15) is 29.6 Å². The fourth-order valence-corrected chi connectivity index (χ4v) is 3.88. The Balaban J connectivity index is 2.70. The Labute approximate surface area is 148 Å². The van der Waals surface area contributed by atoms with Gasteiger partial charge < -0.3 is 19.9 Å². The van der Waals surface area contributed by atoms with E-state index in [4.69, 9.17) is 9.47 Å². The van der Waals surface area contributed by atoms with E-state index in [1.807, 2.05) is 0 Å². The predicted octanol–water partition coefficient (Wildman–Crippen LogP) is 0.472. The zero-order valence-corrected chi connectivity index (χ0v) is 14.5. The third-order valence-corrected chi connectivity index (χ3v) is 5.16. The van der Waals surface area contributed by atoms with Crippen molar-refractivity contribution < 1.29 is 39.1 Å². The summed E-state index contributed by atoms with van der Waals surface area (Å²) in [6.45, 7) is 0. The monoisotopic (exact) mass is 368 g/mol. The summed E-state index contributed by atoms with van der Waals surface area (Å²) in [5.74, 6) is -3.24. The molecule has 26 heavy (non-hydrogen) atoms. The number of rotatable bonds is 5. The molecule has 0 heterocycles. The third kappa shape index (κ3) is 2.47. The summed E-state index contributed by atoms with van der Waals surface area (Å²) in [7, 11) is 2.11. The summed E-state index contributed by atoms with van der Waals surface area (Å²) in [4.78, 5) is 49.9. The number of carbonyl (C=O) groups is 4. The smallest absolute Gasteiger partial charge is 0.325 e. The van der Waals surface area contributed by atoms with Crippen LogP contribution in [0.1, 0.15) is 38.5 Å². The number of hydrogen-bond donors (Lipinski definition) is 2. The Morgan fingerprint density at radius 2 is 1.19 bits per heavy atom. The van der Waals surface area contributed by atoms with Gasteiger partial charge in [0.05, 0.1) is 14.2 Å². The molecule has 0 aromatic rings. The quantitative estimate of drug-likeness (QED) is 0.233. The highest BCUT2D eigenvalue weighted by Crippen LogP contribution is 2.44. The van der Waals surface area contributed by atoms with E-state index in [1.54, 1.807) is 0 Å². The largest absolute Gasteiger partial charge is 0.468 e. The first kappa shape index (κ1) is 19.5. The van der Waals surface area contributed by atoms with Gasteiger partial charge in [-0.25, -0.2) is 0 Å². The Kier molecular flexibility index (Phi) is 5.43. The average Bonchev–Trinajstić information content (AvgIpc) is 3.22. The molecule has 10 nitrogen and oxygen atoms in total. The lowest BCUT2D eigenvalue weighted by Gasteiger charge is -2.31. The summed E-state index contributed by atoms with van der Waals surface area (Å²) in [5.41, 5.74) is -5.41. The van der Waals surface area contributed by atoms with E-state index in [0.717, 1.165) is 14.2 Å². The fraction of sp³-hybridized carbons (Fsp3) is 0.625. The van der Waals surface area contributed by atoms with Crippen molar-refractivity contribution in [2.24, 2.45) is 21.1 Å². The molecule has 0 aromatic heterocycles. The molecule has 10 heteroatoms. The number of oxime groups is 2. The molecule has 0 radical (unpaired) electrons. The van der Waals surface area contributed by atoms with E-state index >= 15 is 0 Å². The highest BCUT2D eigenvalue weighted by molar-refractivity contribution is 6.58. The minimum Gasteiger partial charge on any atom is -0.468 e. The van der Waals surface area contributed by atoms with Gasteiger partial charge >= 0.3 is 11.9 Å². The second-order valence-electron chi connectivity index (χ2n) is 6.24. The zero-order valence-electron chi connectivity index (χ0n) is 14.5. The van der Waals surface area contributed by atoms with Gasteiger partial charge in [-0.2, -0.15) is 0 Å². The van der Waals surface area contributed by atoms with Crippen LogP contribution in [0.15, 0.2) is 10.3 Å². The maximum Gasteiger partial charge on any atom is 0.325 e. The van der Waals surface area contributed by atoms with Crippen LogP contribution in [0.5, 0.6) is 0 Å². The van der Waals surface area contributed by atoms with Crippen LogP contribution in [0.4, 0.5) is 0 Å². The number of carbonyl (C=O) groups excluding carboxylic acids is 4. The van der Waals surface area contributed by atoms with Crippen molar-refractivity contribution >= 4 is 34.9 Å². The molecule has 2 aliphatic rings. The van der Waals surface area contributed by atoms with Gasteiger partial charge in [0.15, 0.2) is 22.4 Å². The molecule has 2 aliphatic carbocycles. The maximum absolute atomic E-state index is 12.5. The van der Waals surface area contributed by atoms with Gasteiger partial charge in [0.1, 0.15) is 11.4 Å². The van der Waals surface area contributed by atoms with Crippen LogP contribution < -0.4 is 0 Å². The molecular formula is C16H20N2O8. The van der Waals surface area contributed by atoms with E-state index in [-0.39, 0.29) is 25.7 Å². The van der Waals surface area contributed by atoms with Gasteiger partial charge in [0.2, 0.25) is 0 Å². The Morgan fingerprint density at radius 1 is 0.846 bits per heavy atom. The van der Waals surface area contributed by atoms with Gasteiger partial charge in [-0.15, -0.1) is 0 Å². The molecule has 0 amide bonds. The Bertz CT molecular complexity index is 653. The van der Waals surface area contributed by atoms with Crippen molar-refractivity contribution in [2.45, 2.75) is 38.5 Å². The van der Waals surface area contributed by atoms with Crippen molar-refractivity contribution in [2.75, 3.05) is 14.2 Å². The highest BCUT2D eigenvalue weighted by atomic mass is 16.5. The number of methoxy groups -OCH3 is 2. The van der Waals surface area contributed by atoms with Crippen LogP contribution in [0.25, 0.3) is 0 Å². The minimum atomic E-state index is -2.05. The van der Waals surface area contributed by atoms with E-state index in [0.29, 0.717) is 12.8 Å². The van der Waals surface area contributed by atoms with Crippen molar-refractivity contribution in [1.82, 2.24) is 0 Å². The predicted molar refractivity (Wildman–Crippen MR) is 85.1 cm³/mol. The van der Waals surface area contributed by atoms with Gasteiger partial charge in [0, 0.05) is 12.8 Å². The molecule has 142 valence electrons. The fourth-order valence-electron chi connectivity index (χ4n) is 3.88. The molecule has 0 saturated heterocycles. The molecule has 0 spiro atoms. The van der Waals surface area contributed by atoms with Crippen molar-refractivity contribution in [3.05, 3.63) is 0 Å². The highest BCUT2D eigenvalue weighted by Gasteiger charge is 2.63. The second-order valence-corrected chi connectivity index (χ2v) is 6.24. The van der Waals surface area contributed by atoms with Crippen molar-refractivity contribution in [3.63, 3.8) is 0 Å². The summed E-state index contributed by atoms with van der Waals surface area (Å²) >= 11 is 0. The average molecular weight is 368 g/mol. The van der Waals surface area contributed by atoms with Crippen LogP contribution in [0.3, 0.4) is 0 Å². The number of hydrogen-bond acceptors (Lipinski definition) is 10. The van der Waals surface area contributed by atoms with E-state index in [1.165, 1.54) is 0 Å². The standard InChI is InChI=1S/C16H20N2O8/c1-25-13(21)15(7-3-5-9(15)19)11(17-23)12(18-24)16(14(22)26-2)8-4-6-10(16)20/h23-24H,3-8H2,1-2H3/b17-11+,18-12+. The van der Waals surface area contributed by atoms with Crippen LogP contribution >= 0.6 is 0 Å². The molecule has 2 saturated carbocycles. The molecule has 2 fully saturated rings. The van der Waals surface area contributed by atoms with Crippen LogP contribution in [0, 0.1) is 10.8 Å². The van der Waals surface area contributed by atoms with Crippen molar-refractivity contribution in [1.29, 1.82) is 0 Å². The lowest BCUT2D eigenvalue weighted by Crippen LogP contribution is -2.55. The molecule has 0 aliphatic heterocycles. The van der Waals surface area contributed by atoms with Crippen LogP contribution in [0.2, 0.25) is 0 Å². The summed E-state index contributed by atoms with van der Waals surface area (Å²) in [5, 5.41) is 25.2. The Morgan fingerprint density at radius 3 is 1.38 bits per heavy atom.